The van der Waals surface area contributed by atoms with Gasteiger partial charge in [-0.1, -0.05) is 60.3 Å². The van der Waals surface area contributed by atoms with E-state index in [0.717, 1.165) is 10.5 Å². The lowest BCUT2D eigenvalue weighted by atomic mass is 10.1. The first-order valence-electron chi connectivity index (χ1n) is 9.71. The normalized spacial score (nSPS) is 15.1. The van der Waals surface area contributed by atoms with E-state index in [1.54, 1.807) is 23.5 Å². The SMILES string of the molecule is O=C(C(Sc1ccccc1)c1ccc(Sc2ccccc2)cc1)N1CCOCC1. The van der Waals surface area contributed by atoms with Gasteiger partial charge in [0.15, 0.2) is 0 Å². The van der Waals surface area contributed by atoms with Gasteiger partial charge in [-0.15, -0.1) is 11.8 Å². The predicted octanol–water partition coefficient (Wildman–Crippen LogP) is 5.53. The summed E-state index contributed by atoms with van der Waals surface area (Å²) in [7, 11) is 0. The van der Waals surface area contributed by atoms with Crippen molar-refractivity contribution in [3.8, 4) is 0 Å². The number of hydrogen-bond acceptors (Lipinski definition) is 4. The highest BCUT2D eigenvalue weighted by atomic mass is 32.2. The number of thioether (sulfide) groups is 1. The molecule has 29 heavy (non-hydrogen) atoms. The van der Waals surface area contributed by atoms with Crippen LogP contribution < -0.4 is 0 Å². The lowest BCUT2D eigenvalue weighted by molar-refractivity contribution is -0.134. The van der Waals surface area contributed by atoms with E-state index in [1.807, 2.05) is 41.3 Å². The Hall–Kier alpha value is -2.21. The van der Waals surface area contributed by atoms with Gasteiger partial charge in [-0.05, 0) is 42.0 Å². The zero-order valence-corrected chi connectivity index (χ0v) is 17.7. The highest BCUT2D eigenvalue weighted by Crippen LogP contribution is 2.38. The van der Waals surface area contributed by atoms with Crippen LogP contribution in [0.3, 0.4) is 0 Å². The molecule has 0 aromatic heterocycles. The van der Waals surface area contributed by atoms with Gasteiger partial charge in [-0.25, -0.2) is 0 Å². The van der Waals surface area contributed by atoms with E-state index in [0.29, 0.717) is 26.3 Å². The second kappa shape index (κ2) is 10.0. The Morgan fingerprint density at radius 3 is 1.93 bits per heavy atom. The van der Waals surface area contributed by atoms with Gasteiger partial charge in [0.2, 0.25) is 5.91 Å². The molecule has 148 valence electrons. The third kappa shape index (κ3) is 5.44. The Bertz CT molecular complexity index is 911. The topological polar surface area (TPSA) is 29.5 Å². The number of carbonyl (C=O) groups is 1. The Kier molecular flexibility index (Phi) is 6.93. The van der Waals surface area contributed by atoms with Crippen LogP contribution in [0.1, 0.15) is 10.8 Å². The number of morpholine rings is 1. The minimum atomic E-state index is -0.258. The second-order valence-corrected chi connectivity index (χ2v) is 9.06. The molecule has 0 saturated carbocycles. The molecule has 1 aliphatic rings. The molecule has 0 N–H and O–H groups in total. The molecule has 3 aromatic rings. The average Bonchev–Trinajstić information content (AvgIpc) is 2.80. The van der Waals surface area contributed by atoms with Crippen LogP contribution in [-0.2, 0) is 9.53 Å². The minimum absolute atomic E-state index is 0.158. The summed E-state index contributed by atoms with van der Waals surface area (Å²) < 4.78 is 5.42. The van der Waals surface area contributed by atoms with Gasteiger partial charge in [0.1, 0.15) is 5.25 Å². The molecule has 5 heteroatoms. The molecule has 1 aliphatic heterocycles. The van der Waals surface area contributed by atoms with Crippen molar-refractivity contribution in [3.63, 3.8) is 0 Å². The fourth-order valence-electron chi connectivity index (χ4n) is 3.18. The molecule has 0 spiro atoms. The van der Waals surface area contributed by atoms with Crippen LogP contribution in [0.25, 0.3) is 0 Å². The van der Waals surface area contributed by atoms with Gasteiger partial charge < -0.3 is 9.64 Å². The Morgan fingerprint density at radius 1 is 0.759 bits per heavy atom. The number of benzene rings is 3. The first-order chi connectivity index (χ1) is 14.3. The van der Waals surface area contributed by atoms with E-state index in [4.69, 9.17) is 4.74 Å². The summed E-state index contributed by atoms with van der Waals surface area (Å²) in [6, 6.07) is 28.9. The van der Waals surface area contributed by atoms with Gasteiger partial charge in [0.05, 0.1) is 13.2 Å². The molecular weight excluding hydrogens is 398 g/mol. The molecule has 1 atom stereocenters. The summed E-state index contributed by atoms with van der Waals surface area (Å²) in [4.78, 5) is 18.7. The van der Waals surface area contributed by atoms with Crippen LogP contribution in [0, 0.1) is 0 Å². The smallest absolute Gasteiger partial charge is 0.240 e. The fourth-order valence-corrected chi connectivity index (χ4v) is 5.15. The summed E-state index contributed by atoms with van der Waals surface area (Å²) in [5.74, 6) is 0.158. The standard InChI is InChI=1S/C24H23NO2S2/c26-24(25-15-17-27-18-16-25)23(29-21-9-5-2-6-10-21)19-11-13-22(14-12-19)28-20-7-3-1-4-8-20/h1-14,23H,15-18H2. The highest BCUT2D eigenvalue weighted by molar-refractivity contribution is 8.00. The maximum absolute atomic E-state index is 13.3. The number of rotatable bonds is 6. The van der Waals surface area contributed by atoms with Crippen molar-refractivity contribution in [1.29, 1.82) is 0 Å². The van der Waals surface area contributed by atoms with Gasteiger partial charge in [0.25, 0.3) is 0 Å². The molecular formula is C24H23NO2S2. The van der Waals surface area contributed by atoms with Gasteiger partial charge >= 0.3 is 0 Å². The highest BCUT2D eigenvalue weighted by Gasteiger charge is 2.28. The predicted molar refractivity (Wildman–Crippen MR) is 119 cm³/mol. The van der Waals surface area contributed by atoms with Crippen LogP contribution in [0.2, 0.25) is 0 Å². The lowest BCUT2D eigenvalue weighted by Crippen LogP contribution is -2.42. The molecule has 3 nitrogen and oxygen atoms in total. The zero-order valence-electron chi connectivity index (χ0n) is 16.1. The first-order valence-corrected chi connectivity index (χ1v) is 11.4. The van der Waals surface area contributed by atoms with E-state index in [2.05, 4.69) is 48.5 Å². The van der Waals surface area contributed by atoms with Crippen molar-refractivity contribution >= 4 is 29.4 Å². The summed E-state index contributed by atoms with van der Waals surface area (Å²) in [5, 5.41) is -0.258. The van der Waals surface area contributed by atoms with Crippen molar-refractivity contribution in [2.24, 2.45) is 0 Å². The molecule has 0 aliphatic carbocycles. The summed E-state index contributed by atoms with van der Waals surface area (Å²) in [6.45, 7) is 2.54. The molecule has 1 saturated heterocycles. The third-order valence-electron chi connectivity index (χ3n) is 4.71. The first kappa shape index (κ1) is 20.1. The molecule has 1 heterocycles. The molecule has 1 fully saturated rings. The average molecular weight is 422 g/mol. The van der Waals surface area contributed by atoms with E-state index in [1.165, 1.54) is 9.79 Å². The van der Waals surface area contributed by atoms with Crippen LogP contribution in [0.4, 0.5) is 0 Å². The maximum Gasteiger partial charge on any atom is 0.240 e. The number of hydrogen-bond donors (Lipinski definition) is 0. The quantitative estimate of drug-likeness (QED) is 0.490. The van der Waals surface area contributed by atoms with E-state index in [-0.39, 0.29) is 11.2 Å². The lowest BCUT2D eigenvalue weighted by Gasteiger charge is -2.30. The Morgan fingerprint density at radius 2 is 1.31 bits per heavy atom. The number of amides is 1. The molecule has 0 bridgehead atoms. The van der Waals surface area contributed by atoms with E-state index >= 15 is 0 Å². The van der Waals surface area contributed by atoms with Crippen molar-refractivity contribution in [3.05, 3.63) is 90.5 Å². The van der Waals surface area contributed by atoms with Gasteiger partial charge in [-0.3, -0.25) is 4.79 Å². The molecule has 4 rings (SSSR count). The van der Waals surface area contributed by atoms with Crippen molar-refractivity contribution in [2.45, 2.75) is 19.9 Å². The third-order valence-corrected chi connectivity index (χ3v) is 6.98. The van der Waals surface area contributed by atoms with E-state index in [9.17, 15) is 4.79 Å². The van der Waals surface area contributed by atoms with Crippen LogP contribution in [-0.4, -0.2) is 37.1 Å². The number of ether oxygens (including phenoxy) is 1. The van der Waals surface area contributed by atoms with Crippen LogP contribution >= 0.6 is 23.5 Å². The zero-order chi connectivity index (χ0) is 19.9. The largest absolute Gasteiger partial charge is 0.378 e. The monoisotopic (exact) mass is 421 g/mol. The van der Waals surface area contributed by atoms with E-state index < -0.39 is 0 Å². The molecule has 3 aromatic carbocycles. The minimum Gasteiger partial charge on any atom is -0.378 e. The summed E-state index contributed by atoms with van der Waals surface area (Å²) in [5.41, 5.74) is 1.03. The van der Waals surface area contributed by atoms with Crippen molar-refractivity contribution < 1.29 is 9.53 Å². The fraction of sp³-hybridized carbons (Fsp3) is 0.208. The van der Waals surface area contributed by atoms with Crippen LogP contribution in [0.15, 0.2) is 99.6 Å². The van der Waals surface area contributed by atoms with Crippen LogP contribution in [0.5, 0.6) is 0 Å². The number of nitrogens with zero attached hydrogens (tertiary/aromatic N) is 1. The molecule has 1 amide bonds. The van der Waals surface area contributed by atoms with Crippen molar-refractivity contribution in [2.75, 3.05) is 26.3 Å². The second-order valence-electron chi connectivity index (χ2n) is 6.73. The number of carbonyl (C=O) groups excluding carboxylic acids is 1. The Labute approximate surface area is 180 Å². The molecule has 0 radical (unpaired) electrons. The summed E-state index contributed by atoms with van der Waals surface area (Å²) in [6.07, 6.45) is 0. The maximum atomic E-state index is 13.3. The van der Waals surface area contributed by atoms with Crippen molar-refractivity contribution in [1.82, 2.24) is 4.90 Å². The van der Waals surface area contributed by atoms with Gasteiger partial charge in [0, 0.05) is 27.8 Å². The van der Waals surface area contributed by atoms with Gasteiger partial charge in [-0.2, -0.15) is 0 Å². The summed E-state index contributed by atoms with van der Waals surface area (Å²) >= 11 is 3.34. The molecule has 1 unspecified atom stereocenters. The Balaban J connectivity index is 1.55.